The second kappa shape index (κ2) is 6.40. The van der Waals surface area contributed by atoms with Gasteiger partial charge in [0.05, 0.1) is 11.9 Å². The molecular weight excluding hydrogens is 342 g/mol. The second-order valence-corrected chi connectivity index (χ2v) is 7.23. The van der Waals surface area contributed by atoms with Crippen molar-refractivity contribution in [3.05, 3.63) is 70.5 Å². The third-order valence-corrected chi connectivity index (χ3v) is 4.06. The molecule has 3 aromatic rings. The topological polar surface area (TPSA) is 108 Å². The number of rotatable bonds is 4. The van der Waals surface area contributed by atoms with Crippen LogP contribution in [0.2, 0.25) is 0 Å². The van der Waals surface area contributed by atoms with Crippen molar-refractivity contribution in [2.75, 3.05) is 16.3 Å². The number of para-hydroxylation sites is 1. The van der Waals surface area contributed by atoms with Gasteiger partial charge in [-0.25, -0.2) is 8.42 Å². The van der Waals surface area contributed by atoms with E-state index in [-0.39, 0.29) is 11.0 Å². The number of hydrogen-bond donors (Lipinski definition) is 3. The molecule has 0 aliphatic rings. The summed E-state index contributed by atoms with van der Waals surface area (Å²) in [5, 5.41) is 3.02. The number of sulfonamides is 1. The number of aromatic amines is 1. The Kier molecular flexibility index (Phi) is 4.28. The molecule has 1 aromatic heterocycles. The van der Waals surface area contributed by atoms with E-state index >= 15 is 0 Å². The maximum atomic E-state index is 12.4. The zero-order chi connectivity index (χ0) is 18.0. The number of nitrogens with one attached hydrogen (secondary N) is 3. The largest absolute Gasteiger partial charge is 0.360 e. The minimum Gasteiger partial charge on any atom is -0.360 e. The number of carbonyl (C=O) groups excluding carboxylic acids is 1. The lowest BCUT2D eigenvalue weighted by Crippen LogP contribution is -2.22. The highest BCUT2D eigenvalue weighted by atomic mass is 32.2. The second-order valence-electron chi connectivity index (χ2n) is 5.49. The number of H-pyrrole nitrogens is 1. The van der Waals surface area contributed by atoms with Crippen LogP contribution in [0.4, 0.5) is 11.4 Å². The molecule has 0 aliphatic heterocycles. The fraction of sp³-hybridized carbons (Fsp3) is 0.0588. The van der Waals surface area contributed by atoms with E-state index in [4.69, 9.17) is 0 Å². The lowest BCUT2D eigenvalue weighted by atomic mass is 10.1. The first-order chi connectivity index (χ1) is 11.8. The fourth-order valence-corrected chi connectivity index (χ4v) is 2.96. The normalized spacial score (nSPS) is 11.2. The number of carbonyl (C=O) groups is 1. The van der Waals surface area contributed by atoms with Gasteiger partial charge in [0, 0.05) is 22.8 Å². The maximum absolute atomic E-state index is 12.4. The van der Waals surface area contributed by atoms with Gasteiger partial charge in [0.25, 0.3) is 5.91 Å². The molecule has 0 saturated heterocycles. The number of pyridine rings is 1. The first kappa shape index (κ1) is 16.7. The van der Waals surface area contributed by atoms with Crippen molar-refractivity contribution in [1.82, 2.24) is 4.98 Å². The molecule has 0 bridgehead atoms. The van der Waals surface area contributed by atoms with Gasteiger partial charge in [-0.2, -0.15) is 0 Å². The Balaban J connectivity index is 1.89. The molecule has 0 fully saturated rings. The van der Waals surface area contributed by atoms with Crippen molar-refractivity contribution in [2.45, 2.75) is 0 Å². The van der Waals surface area contributed by atoms with Gasteiger partial charge < -0.3 is 10.3 Å². The van der Waals surface area contributed by atoms with Crippen LogP contribution < -0.4 is 15.5 Å². The van der Waals surface area contributed by atoms with Gasteiger partial charge in [-0.3, -0.25) is 14.3 Å². The van der Waals surface area contributed by atoms with E-state index in [9.17, 15) is 18.0 Å². The lowest BCUT2D eigenvalue weighted by molar-refractivity contribution is 0.102. The first-order valence-corrected chi connectivity index (χ1v) is 9.22. The zero-order valence-corrected chi connectivity index (χ0v) is 14.1. The molecule has 1 amide bonds. The zero-order valence-electron chi connectivity index (χ0n) is 13.2. The molecule has 128 valence electrons. The molecule has 8 heteroatoms. The van der Waals surface area contributed by atoms with Crippen LogP contribution >= 0.6 is 0 Å². The number of hydrogen-bond acceptors (Lipinski definition) is 4. The van der Waals surface area contributed by atoms with E-state index in [2.05, 4.69) is 15.0 Å². The molecular formula is C17H15N3O4S. The van der Waals surface area contributed by atoms with Crippen molar-refractivity contribution < 1.29 is 13.2 Å². The number of benzene rings is 2. The molecule has 1 heterocycles. The number of amides is 1. The number of fused-ring (bicyclic) bond motifs is 1. The molecule has 3 N–H and O–H groups in total. The summed E-state index contributed by atoms with van der Waals surface area (Å²) >= 11 is 0. The molecule has 0 atom stereocenters. The summed E-state index contributed by atoms with van der Waals surface area (Å²) in [5.41, 5.74) is 0.916. The average Bonchev–Trinajstić information content (AvgIpc) is 2.54. The summed E-state index contributed by atoms with van der Waals surface area (Å²) < 4.78 is 24.9. The first-order valence-electron chi connectivity index (χ1n) is 7.33. The third kappa shape index (κ3) is 3.86. The quantitative estimate of drug-likeness (QED) is 0.665. The number of anilines is 2. The van der Waals surface area contributed by atoms with Crippen molar-refractivity contribution in [3.63, 3.8) is 0 Å². The molecule has 0 aliphatic carbocycles. The summed E-state index contributed by atoms with van der Waals surface area (Å²) in [5.74, 6) is -0.580. The fourth-order valence-electron chi connectivity index (χ4n) is 2.41. The molecule has 0 spiro atoms. The SMILES string of the molecule is CS(=O)(=O)Nc1cccc(NC(=O)c2c[nH]c3ccccc3c2=O)c1. The van der Waals surface area contributed by atoms with Gasteiger partial charge in [-0.05, 0) is 30.3 Å². The predicted molar refractivity (Wildman–Crippen MR) is 97.4 cm³/mol. The van der Waals surface area contributed by atoms with Crippen molar-refractivity contribution >= 4 is 38.2 Å². The van der Waals surface area contributed by atoms with Crippen LogP contribution in [0.15, 0.2) is 59.5 Å². The predicted octanol–water partition coefficient (Wildman–Crippen LogP) is 2.15. The minimum absolute atomic E-state index is 0.0276. The van der Waals surface area contributed by atoms with Crippen LogP contribution in [-0.2, 0) is 10.0 Å². The lowest BCUT2D eigenvalue weighted by Gasteiger charge is -2.08. The maximum Gasteiger partial charge on any atom is 0.261 e. The summed E-state index contributed by atoms with van der Waals surface area (Å²) in [6, 6.07) is 13.1. The Morgan fingerprint density at radius 3 is 2.52 bits per heavy atom. The van der Waals surface area contributed by atoms with E-state index in [1.54, 1.807) is 42.5 Å². The minimum atomic E-state index is -3.42. The summed E-state index contributed by atoms with van der Waals surface area (Å²) in [6.45, 7) is 0. The van der Waals surface area contributed by atoms with Crippen LogP contribution in [-0.4, -0.2) is 25.6 Å². The smallest absolute Gasteiger partial charge is 0.261 e. The van der Waals surface area contributed by atoms with E-state index in [1.165, 1.54) is 12.3 Å². The van der Waals surface area contributed by atoms with Gasteiger partial charge >= 0.3 is 0 Å². The monoisotopic (exact) mass is 357 g/mol. The standard InChI is InChI=1S/C17H15N3O4S/c1-25(23,24)20-12-6-4-5-11(9-12)19-17(22)14-10-18-15-8-3-2-7-13(15)16(14)21/h2-10,20H,1H3,(H,18,21)(H,19,22). The van der Waals surface area contributed by atoms with Crippen molar-refractivity contribution in [1.29, 1.82) is 0 Å². The highest BCUT2D eigenvalue weighted by molar-refractivity contribution is 7.92. The van der Waals surface area contributed by atoms with Gasteiger partial charge in [-0.1, -0.05) is 18.2 Å². The van der Waals surface area contributed by atoms with E-state index < -0.39 is 15.9 Å². The van der Waals surface area contributed by atoms with Crippen LogP contribution in [0.25, 0.3) is 10.9 Å². The van der Waals surface area contributed by atoms with Crippen molar-refractivity contribution in [2.24, 2.45) is 0 Å². The molecule has 2 aromatic carbocycles. The molecule has 0 radical (unpaired) electrons. The highest BCUT2D eigenvalue weighted by Crippen LogP contribution is 2.17. The molecule has 3 rings (SSSR count). The third-order valence-electron chi connectivity index (χ3n) is 3.46. The van der Waals surface area contributed by atoms with E-state index in [1.807, 2.05) is 0 Å². The summed E-state index contributed by atoms with van der Waals surface area (Å²) in [4.78, 5) is 27.8. The van der Waals surface area contributed by atoms with Crippen LogP contribution in [0, 0.1) is 0 Å². The van der Waals surface area contributed by atoms with Gasteiger partial charge in [0.1, 0.15) is 5.56 Å². The Hall–Kier alpha value is -3.13. The Bertz CT molecular complexity index is 1120. The molecule has 25 heavy (non-hydrogen) atoms. The van der Waals surface area contributed by atoms with Gasteiger partial charge in [-0.15, -0.1) is 0 Å². The molecule has 7 nitrogen and oxygen atoms in total. The van der Waals surface area contributed by atoms with Gasteiger partial charge in [0.2, 0.25) is 15.5 Å². The van der Waals surface area contributed by atoms with Crippen molar-refractivity contribution in [3.8, 4) is 0 Å². The number of aromatic nitrogens is 1. The highest BCUT2D eigenvalue weighted by Gasteiger charge is 2.13. The summed E-state index contributed by atoms with van der Waals surface area (Å²) in [7, 11) is -3.42. The molecule has 0 saturated carbocycles. The van der Waals surface area contributed by atoms with Crippen LogP contribution in [0.3, 0.4) is 0 Å². The summed E-state index contributed by atoms with van der Waals surface area (Å²) in [6.07, 6.45) is 2.39. The Morgan fingerprint density at radius 2 is 1.76 bits per heavy atom. The van der Waals surface area contributed by atoms with E-state index in [0.717, 1.165) is 6.26 Å². The van der Waals surface area contributed by atoms with Crippen LogP contribution in [0.1, 0.15) is 10.4 Å². The van der Waals surface area contributed by atoms with E-state index in [0.29, 0.717) is 22.3 Å². The Morgan fingerprint density at radius 1 is 1.04 bits per heavy atom. The van der Waals surface area contributed by atoms with Gasteiger partial charge in [0.15, 0.2) is 0 Å². The average molecular weight is 357 g/mol. The molecule has 0 unspecified atom stereocenters. The Labute approximate surface area is 143 Å². The van der Waals surface area contributed by atoms with Crippen LogP contribution in [0.5, 0.6) is 0 Å².